The Morgan fingerprint density at radius 2 is 1.88 bits per heavy atom. The predicted octanol–water partition coefficient (Wildman–Crippen LogP) is 2.33. The van der Waals surface area contributed by atoms with Crippen molar-refractivity contribution in [2.75, 3.05) is 0 Å². The largest absolute Gasteiger partial charge is 0.307 e. The molecule has 2 heterocycles. The first-order valence-electron chi connectivity index (χ1n) is 5.92. The third-order valence-electron chi connectivity index (χ3n) is 2.74. The summed E-state index contributed by atoms with van der Waals surface area (Å²) < 4.78 is 0. The lowest BCUT2D eigenvalue weighted by Gasteiger charge is -2.07. The first kappa shape index (κ1) is 11.7. The van der Waals surface area contributed by atoms with Crippen molar-refractivity contribution in [3.63, 3.8) is 0 Å². The number of aromatic nitrogens is 2. The van der Waals surface area contributed by atoms with Gasteiger partial charge in [0.2, 0.25) is 0 Å². The van der Waals surface area contributed by atoms with E-state index < -0.39 is 0 Å². The van der Waals surface area contributed by atoms with E-state index in [1.807, 2.05) is 36.8 Å². The smallest absolute Gasteiger partial charge is 0.0573 e. The van der Waals surface area contributed by atoms with E-state index in [-0.39, 0.29) is 0 Å². The zero-order valence-electron chi connectivity index (χ0n) is 10.1. The van der Waals surface area contributed by atoms with Crippen LogP contribution in [0.5, 0.6) is 0 Å². The second-order valence-corrected chi connectivity index (χ2v) is 3.92. The van der Waals surface area contributed by atoms with Gasteiger partial charge in [0.25, 0.3) is 0 Å². The average Bonchev–Trinajstić information content (AvgIpc) is 2.40. The molecule has 0 spiro atoms. The standard InChI is InChI=1S/C14H17N3/c1-2-13-4-3-7-17-14(13)11-16-10-12-5-8-15-9-6-12/h3-9,16H,2,10-11H2,1H3. The van der Waals surface area contributed by atoms with Gasteiger partial charge >= 0.3 is 0 Å². The van der Waals surface area contributed by atoms with Crippen LogP contribution in [0.3, 0.4) is 0 Å². The van der Waals surface area contributed by atoms with Crippen LogP contribution in [-0.2, 0) is 19.5 Å². The molecule has 0 saturated heterocycles. The molecule has 0 aliphatic rings. The summed E-state index contributed by atoms with van der Waals surface area (Å²) in [5.74, 6) is 0. The maximum atomic E-state index is 4.41. The van der Waals surface area contributed by atoms with E-state index in [2.05, 4.69) is 28.3 Å². The summed E-state index contributed by atoms with van der Waals surface area (Å²) in [6.07, 6.45) is 6.51. The Morgan fingerprint density at radius 1 is 1.06 bits per heavy atom. The summed E-state index contributed by atoms with van der Waals surface area (Å²) in [7, 11) is 0. The molecule has 0 aliphatic heterocycles. The van der Waals surface area contributed by atoms with E-state index in [4.69, 9.17) is 0 Å². The third kappa shape index (κ3) is 3.36. The Bertz CT molecular complexity index is 454. The fraction of sp³-hybridized carbons (Fsp3) is 0.286. The first-order valence-corrected chi connectivity index (χ1v) is 5.92. The molecular weight excluding hydrogens is 210 g/mol. The Hall–Kier alpha value is -1.74. The molecule has 0 aromatic carbocycles. The van der Waals surface area contributed by atoms with Crippen LogP contribution >= 0.6 is 0 Å². The highest BCUT2D eigenvalue weighted by molar-refractivity contribution is 5.19. The fourth-order valence-electron chi connectivity index (χ4n) is 1.78. The Morgan fingerprint density at radius 3 is 2.65 bits per heavy atom. The molecule has 0 aliphatic carbocycles. The van der Waals surface area contributed by atoms with E-state index in [0.717, 1.165) is 25.2 Å². The fourth-order valence-corrected chi connectivity index (χ4v) is 1.78. The molecule has 0 radical (unpaired) electrons. The van der Waals surface area contributed by atoms with Crippen molar-refractivity contribution in [1.29, 1.82) is 0 Å². The summed E-state index contributed by atoms with van der Waals surface area (Å²) in [6, 6.07) is 8.17. The quantitative estimate of drug-likeness (QED) is 0.852. The topological polar surface area (TPSA) is 37.8 Å². The van der Waals surface area contributed by atoms with Crippen molar-refractivity contribution in [2.45, 2.75) is 26.4 Å². The van der Waals surface area contributed by atoms with Gasteiger partial charge in [0.15, 0.2) is 0 Å². The van der Waals surface area contributed by atoms with E-state index in [0.29, 0.717) is 0 Å². The second kappa shape index (κ2) is 6.11. The SMILES string of the molecule is CCc1cccnc1CNCc1ccncc1. The maximum Gasteiger partial charge on any atom is 0.0573 e. The van der Waals surface area contributed by atoms with Crippen LogP contribution in [0.2, 0.25) is 0 Å². The summed E-state index contributed by atoms with van der Waals surface area (Å²) in [5, 5.41) is 3.40. The van der Waals surface area contributed by atoms with Crippen molar-refractivity contribution >= 4 is 0 Å². The van der Waals surface area contributed by atoms with Gasteiger partial charge in [-0.15, -0.1) is 0 Å². The van der Waals surface area contributed by atoms with Crippen LogP contribution in [0, 0.1) is 0 Å². The Balaban J connectivity index is 1.90. The van der Waals surface area contributed by atoms with Gasteiger partial charge < -0.3 is 5.32 Å². The maximum absolute atomic E-state index is 4.41. The highest BCUT2D eigenvalue weighted by atomic mass is 14.9. The second-order valence-electron chi connectivity index (χ2n) is 3.92. The van der Waals surface area contributed by atoms with Gasteiger partial charge in [-0.2, -0.15) is 0 Å². The van der Waals surface area contributed by atoms with E-state index in [1.54, 1.807) is 0 Å². The van der Waals surface area contributed by atoms with Gasteiger partial charge in [0.05, 0.1) is 5.69 Å². The minimum absolute atomic E-state index is 0.812. The summed E-state index contributed by atoms with van der Waals surface area (Å²) >= 11 is 0. The van der Waals surface area contributed by atoms with Crippen LogP contribution < -0.4 is 5.32 Å². The molecule has 88 valence electrons. The number of hydrogen-bond donors (Lipinski definition) is 1. The van der Waals surface area contributed by atoms with Gasteiger partial charge in [-0.25, -0.2) is 0 Å². The van der Waals surface area contributed by atoms with Crippen molar-refractivity contribution in [2.24, 2.45) is 0 Å². The van der Waals surface area contributed by atoms with E-state index >= 15 is 0 Å². The van der Waals surface area contributed by atoms with Gasteiger partial charge in [-0.05, 0) is 35.7 Å². The average molecular weight is 227 g/mol. The monoisotopic (exact) mass is 227 g/mol. The lowest BCUT2D eigenvalue weighted by Crippen LogP contribution is -2.15. The summed E-state index contributed by atoms with van der Waals surface area (Å²) in [5.41, 5.74) is 3.70. The van der Waals surface area contributed by atoms with Gasteiger partial charge in [0, 0.05) is 31.7 Å². The molecule has 0 atom stereocenters. The van der Waals surface area contributed by atoms with Crippen LogP contribution in [0.25, 0.3) is 0 Å². The lowest BCUT2D eigenvalue weighted by atomic mass is 10.1. The molecule has 17 heavy (non-hydrogen) atoms. The molecule has 0 saturated carbocycles. The molecule has 2 aromatic heterocycles. The Labute approximate surface area is 102 Å². The lowest BCUT2D eigenvalue weighted by molar-refractivity contribution is 0.673. The molecule has 0 bridgehead atoms. The van der Waals surface area contributed by atoms with Crippen LogP contribution in [0.4, 0.5) is 0 Å². The van der Waals surface area contributed by atoms with Crippen molar-refractivity contribution < 1.29 is 0 Å². The van der Waals surface area contributed by atoms with Crippen molar-refractivity contribution in [3.8, 4) is 0 Å². The number of rotatable bonds is 5. The molecule has 0 fully saturated rings. The highest BCUT2D eigenvalue weighted by Crippen LogP contribution is 2.06. The summed E-state index contributed by atoms with van der Waals surface area (Å²) in [6.45, 7) is 3.82. The molecule has 0 amide bonds. The van der Waals surface area contributed by atoms with Crippen LogP contribution in [0.1, 0.15) is 23.7 Å². The molecule has 2 rings (SSSR count). The van der Waals surface area contributed by atoms with E-state index in [9.17, 15) is 0 Å². The van der Waals surface area contributed by atoms with E-state index in [1.165, 1.54) is 11.1 Å². The molecule has 3 heteroatoms. The molecule has 3 nitrogen and oxygen atoms in total. The minimum atomic E-state index is 0.812. The van der Waals surface area contributed by atoms with Crippen molar-refractivity contribution in [1.82, 2.24) is 15.3 Å². The van der Waals surface area contributed by atoms with Crippen LogP contribution in [-0.4, -0.2) is 9.97 Å². The van der Waals surface area contributed by atoms with Gasteiger partial charge in [-0.1, -0.05) is 13.0 Å². The molecule has 2 aromatic rings. The number of pyridine rings is 2. The molecule has 1 N–H and O–H groups in total. The minimum Gasteiger partial charge on any atom is -0.307 e. The molecular formula is C14H17N3. The van der Waals surface area contributed by atoms with Crippen LogP contribution in [0.15, 0.2) is 42.9 Å². The first-order chi connectivity index (χ1) is 8.40. The highest BCUT2D eigenvalue weighted by Gasteiger charge is 2.00. The van der Waals surface area contributed by atoms with Gasteiger partial charge in [-0.3, -0.25) is 9.97 Å². The zero-order chi connectivity index (χ0) is 11.9. The summed E-state index contributed by atoms with van der Waals surface area (Å²) in [4.78, 5) is 8.40. The third-order valence-corrected chi connectivity index (χ3v) is 2.74. The number of aryl methyl sites for hydroxylation is 1. The number of nitrogens with zero attached hydrogens (tertiary/aromatic N) is 2. The predicted molar refractivity (Wildman–Crippen MR) is 68.4 cm³/mol. The van der Waals surface area contributed by atoms with Gasteiger partial charge in [0.1, 0.15) is 0 Å². The Kier molecular flexibility index (Phi) is 4.22. The normalized spacial score (nSPS) is 10.4. The molecule has 0 unspecified atom stereocenters. The zero-order valence-corrected chi connectivity index (χ0v) is 10.1. The van der Waals surface area contributed by atoms with Crippen molar-refractivity contribution in [3.05, 3.63) is 59.7 Å². The number of nitrogens with one attached hydrogen (secondary N) is 1. The number of hydrogen-bond acceptors (Lipinski definition) is 3.